The second kappa shape index (κ2) is 3.15. The summed E-state index contributed by atoms with van der Waals surface area (Å²) in [5.74, 6) is 0. The number of hydrogen-bond donors (Lipinski definition) is 0. The van der Waals surface area contributed by atoms with Crippen LogP contribution in [0.1, 0.15) is 11.1 Å². The highest BCUT2D eigenvalue weighted by Crippen LogP contribution is 2.11. The number of benzene rings is 1. The molecule has 1 aromatic carbocycles. The molecule has 0 bridgehead atoms. The molecule has 1 aromatic rings. The van der Waals surface area contributed by atoms with E-state index in [4.69, 9.17) is 4.65 Å². The number of alkyl halides is 1. The van der Waals surface area contributed by atoms with Crippen LogP contribution in [0.2, 0.25) is 0 Å². The van der Waals surface area contributed by atoms with Gasteiger partial charge < -0.3 is 4.65 Å². The Morgan fingerprint density at radius 2 is 2.45 bits per heavy atom. The van der Waals surface area contributed by atoms with Crippen molar-refractivity contribution in [1.82, 2.24) is 0 Å². The monoisotopic (exact) mass is 258 g/mol. The van der Waals surface area contributed by atoms with Crippen molar-refractivity contribution in [2.45, 2.75) is 11.0 Å². The van der Waals surface area contributed by atoms with E-state index in [0.29, 0.717) is 0 Å². The molecule has 0 spiro atoms. The summed E-state index contributed by atoms with van der Waals surface area (Å²) in [5.41, 5.74) is 4.22. The van der Waals surface area contributed by atoms with Crippen molar-refractivity contribution in [3.8, 4) is 0 Å². The minimum Gasteiger partial charge on any atom is -0.430 e. The molecule has 1 aliphatic heterocycles. The van der Waals surface area contributed by atoms with Gasteiger partial charge in [-0.1, -0.05) is 40.8 Å². The van der Waals surface area contributed by atoms with Gasteiger partial charge in [-0.2, -0.15) is 0 Å². The zero-order valence-corrected chi connectivity index (χ0v) is 8.30. The van der Waals surface area contributed by atoms with Crippen LogP contribution in [-0.2, 0) is 15.7 Å². The molecule has 0 aliphatic carbocycles. The molecule has 0 amide bonds. The third kappa shape index (κ3) is 1.31. The predicted molar refractivity (Wildman–Crippen MR) is 55.7 cm³/mol. The maximum Gasteiger partial charge on any atom is 0.309 e. The minimum atomic E-state index is 0.805. The van der Waals surface area contributed by atoms with Crippen LogP contribution in [0.15, 0.2) is 18.2 Å². The summed E-state index contributed by atoms with van der Waals surface area (Å²) in [6.07, 6.45) is 0. The first-order valence-electron chi connectivity index (χ1n) is 3.65. The Hall–Kier alpha value is -0.0251. The van der Waals surface area contributed by atoms with E-state index in [2.05, 4.69) is 40.8 Å². The van der Waals surface area contributed by atoms with Gasteiger partial charge in [-0.05, 0) is 16.6 Å². The van der Waals surface area contributed by atoms with Crippen molar-refractivity contribution in [3.05, 3.63) is 29.3 Å². The van der Waals surface area contributed by atoms with E-state index in [9.17, 15) is 0 Å². The van der Waals surface area contributed by atoms with E-state index in [-0.39, 0.29) is 0 Å². The van der Waals surface area contributed by atoms with Crippen molar-refractivity contribution in [2.75, 3.05) is 0 Å². The van der Waals surface area contributed by atoms with E-state index in [1.807, 2.05) is 0 Å². The van der Waals surface area contributed by atoms with Crippen LogP contribution in [0.4, 0.5) is 0 Å². The molecule has 1 heterocycles. The van der Waals surface area contributed by atoms with Crippen molar-refractivity contribution in [3.63, 3.8) is 0 Å². The van der Waals surface area contributed by atoms with Crippen molar-refractivity contribution in [2.24, 2.45) is 0 Å². The lowest BCUT2D eigenvalue weighted by Gasteiger charge is -2.01. The molecule has 2 rings (SSSR count). The van der Waals surface area contributed by atoms with Crippen molar-refractivity contribution in [1.29, 1.82) is 0 Å². The highest BCUT2D eigenvalue weighted by molar-refractivity contribution is 14.1. The Morgan fingerprint density at radius 3 is 3.27 bits per heavy atom. The molecule has 1 aliphatic rings. The molecule has 0 unspecified atom stereocenters. The maximum absolute atomic E-state index is 5.35. The van der Waals surface area contributed by atoms with E-state index >= 15 is 0 Å². The summed E-state index contributed by atoms with van der Waals surface area (Å²) in [4.78, 5) is 0. The molecular formula is C8H8BIO. The van der Waals surface area contributed by atoms with Gasteiger partial charge in [0, 0.05) is 4.43 Å². The van der Waals surface area contributed by atoms with Gasteiger partial charge in [0.25, 0.3) is 0 Å². The smallest absolute Gasteiger partial charge is 0.309 e. The SMILES string of the molecule is ICc1cccc2c1BOC2. The Morgan fingerprint density at radius 1 is 1.55 bits per heavy atom. The van der Waals surface area contributed by atoms with Gasteiger partial charge in [0.05, 0.1) is 6.61 Å². The summed E-state index contributed by atoms with van der Waals surface area (Å²) in [5, 5.41) is 0. The molecule has 0 fully saturated rings. The lowest BCUT2D eigenvalue weighted by atomic mass is 9.84. The zero-order chi connectivity index (χ0) is 7.68. The van der Waals surface area contributed by atoms with Crippen molar-refractivity contribution >= 4 is 35.5 Å². The normalized spacial score (nSPS) is 14.3. The zero-order valence-electron chi connectivity index (χ0n) is 6.14. The predicted octanol–water partition coefficient (Wildman–Crippen LogP) is 1.13. The first-order chi connectivity index (χ1) is 5.42. The van der Waals surface area contributed by atoms with Crippen LogP contribution in [0, 0.1) is 0 Å². The van der Waals surface area contributed by atoms with E-state index in [1.54, 1.807) is 0 Å². The molecule has 0 radical (unpaired) electrons. The molecule has 0 atom stereocenters. The van der Waals surface area contributed by atoms with Gasteiger partial charge in [-0.15, -0.1) is 0 Å². The van der Waals surface area contributed by atoms with E-state index in [0.717, 1.165) is 18.5 Å². The molecule has 0 N–H and O–H groups in total. The van der Waals surface area contributed by atoms with Crippen LogP contribution >= 0.6 is 22.6 Å². The summed E-state index contributed by atoms with van der Waals surface area (Å²) in [6, 6.07) is 6.44. The van der Waals surface area contributed by atoms with Gasteiger partial charge in [0.2, 0.25) is 0 Å². The summed E-state index contributed by atoms with van der Waals surface area (Å²) in [6.45, 7) is 0.805. The first kappa shape index (κ1) is 7.62. The average Bonchev–Trinajstić information content (AvgIpc) is 2.50. The molecular weight excluding hydrogens is 250 g/mol. The van der Waals surface area contributed by atoms with Crippen LogP contribution in [0.3, 0.4) is 0 Å². The Kier molecular flexibility index (Phi) is 2.18. The van der Waals surface area contributed by atoms with Gasteiger partial charge in [0.1, 0.15) is 0 Å². The average molecular weight is 258 g/mol. The highest BCUT2D eigenvalue weighted by Gasteiger charge is 2.15. The summed E-state index contributed by atoms with van der Waals surface area (Å²) in [7, 11) is 0.814. The van der Waals surface area contributed by atoms with E-state index < -0.39 is 0 Å². The van der Waals surface area contributed by atoms with Crippen LogP contribution in [0.25, 0.3) is 0 Å². The highest BCUT2D eigenvalue weighted by atomic mass is 127. The fraction of sp³-hybridized carbons (Fsp3) is 0.250. The molecule has 0 saturated heterocycles. The Bertz CT molecular complexity index is 275. The van der Waals surface area contributed by atoms with Gasteiger partial charge in [0.15, 0.2) is 0 Å². The third-order valence-corrected chi connectivity index (χ3v) is 2.84. The summed E-state index contributed by atoms with van der Waals surface area (Å²) < 4.78 is 6.44. The number of halogens is 1. The van der Waals surface area contributed by atoms with Crippen LogP contribution < -0.4 is 5.46 Å². The van der Waals surface area contributed by atoms with E-state index in [1.165, 1.54) is 16.6 Å². The lowest BCUT2D eigenvalue weighted by Crippen LogP contribution is -2.16. The largest absolute Gasteiger partial charge is 0.430 e. The quantitative estimate of drug-likeness (QED) is 0.416. The molecule has 0 saturated carbocycles. The standard InChI is InChI=1S/C8H8BIO/c10-4-6-2-1-3-7-5-11-9-8(6)7/h1-3,9H,4-5H2. The number of hydrogen-bond acceptors (Lipinski definition) is 1. The summed E-state index contributed by atoms with van der Waals surface area (Å²) >= 11 is 2.39. The van der Waals surface area contributed by atoms with Crippen LogP contribution in [0.5, 0.6) is 0 Å². The lowest BCUT2D eigenvalue weighted by molar-refractivity contribution is 0.345. The fourth-order valence-corrected chi connectivity index (χ4v) is 2.11. The second-order valence-electron chi connectivity index (χ2n) is 2.68. The number of rotatable bonds is 1. The molecule has 11 heavy (non-hydrogen) atoms. The Labute approximate surface area is 80.6 Å². The molecule has 3 heteroatoms. The molecule has 56 valence electrons. The van der Waals surface area contributed by atoms with Gasteiger partial charge in [-0.25, -0.2) is 0 Å². The number of fused-ring (bicyclic) bond motifs is 1. The minimum absolute atomic E-state index is 0.805. The molecule has 0 aromatic heterocycles. The third-order valence-electron chi connectivity index (χ3n) is 2.02. The van der Waals surface area contributed by atoms with Gasteiger partial charge >= 0.3 is 7.48 Å². The second-order valence-corrected chi connectivity index (χ2v) is 3.44. The maximum atomic E-state index is 5.35. The molecule has 1 nitrogen and oxygen atoms in total. The van der Waals surface area contributed by atoms with Crippen LogP contribution in [-0.4, -0.2) is 7.48 Å². The first-order valence-corrected chi connectivity index (χ1v) is 5.17. The Balaban J connectivity index is 2.50. The fourth-order valence-electron chi connectivity index (χ4n) is 1.40. The van der Waals surface area contributed by atoms with Crippen molar-refractivity contribution < 1.29 is 4.65 Å². The van der Waals surface area contributed by atoms with Gasteiger partial charge in [-0.3, -0.25) is 0 Å². The topological polar surface area (TPSA) is 9.23 Å².